The van der Waals surface area contributed by atoms with Crippen LogP contribution in [-0.4, -0.2) is 4.98 Å². The van der Waals surface area contributed by atoms with Gasteiger partial charge in [-0.25, -0.2) is 0 Å². The van der Waals surface area contributed by atoms with Crippen molar-refractivity contribution >= 4 is 0 Å². The summed E-state index contributed by atoms with van der Waals surface area (Å²) in [5.41, 5.74) is -6.64. The monoisotopic (exact) mass is 359 g/mol. The number of aromatic nitrogens is 1. The van der Waals surface area contributed by atoms with Crippen molar-refractivity contribution in [3.63, 3.8) is 0 Å². The van der Waals surface area contributed by atoms with Gasteiger partial charge in [0.25, 0.3) is 0 Å². The van der Waals surface area contributed by atoms with Crippen LogP contribution in [-0.2, 0) is 18.5 Å². The Bertz CT molecular complexity index is 692. The molecular formula is C14H6F9N. The number of pyridine rings is 1. The van der Waals surface area contributed by atoms with Gasteiger partial charge in [0, 0.05) is 11.8 Å². The Morgan fingerprint density at radius 1 is 0.625 bits per heavy atom. The number of hydrogen-bond donors (Lipinski definition) is 0. The minimum atomic E-state index is -5.21. The fraction of sp³-hybridized carbons (Fsp3) is 0.214. The number of hydrogen-bond acceptors (Lipinski definition) is 1. The first-order chi connectivity index (χ1) is 10.8. The average molecular weight is 359 g/mol. The molecule has 0 amide bonds. The third kappa shape index (κ3) is 3.62. The number of benzene rings is 1. The molecule has 0 fully saturated rings. The smallest absolute Gasteiger partial charge is 0.251 e. The Hall–Kier alpha value is -2.26. The van der Waals surface area contributed by atoms with Crippen molar-refractivity contribution in [2.75, 3.05) is 0 Å². The van der Waals surface area contributed by atoms with Gasteiger partial charge in [-0.1, -0.05) is 12.1 Å². The lowest BCUT2D eigenvalue weighted by molar-refractivity contribution is -0.144. The summed E-state index contributed by atoms with van der Waals surface area (Å²) in [6.07, 6.45) is -14.8. The molecule has 0 aliphatic rings. The molecule has 1 aromatic carbocycles. The molecule has 2 rings (SSSR count). The molecular weight excluding hydrogens is 353 g/mol. The van der Waals surface area contributed by atoms with Gasteiger partial charge in [-0.15, -0.1) is 0 Å². The number of alkyl halides is 9. The van der Waals surface area contributed by atoms with E-state index < -0.39 is 46.5 Å². The highest BCUT2D eigenvalue weighted by Gasteiger charge is 2.42. The highest BCUT2D eigenvalue weighted by atomic mass is 19.4. The summed E-state index contributed by atoms with van der Waals surface area (Å²) in [5.74, 6) is 0. The van der Waals surface area contributed by atoms with Crippen LogP contribution in [0.3, 0.4) is 0 Å². The molecule has 0 bridgehead atoms. The predicted octanol–water partition coefficient (Wildman–Crippen LogP) is 5.81. The Morgan fingerprint density at radius 2 is 1.17 bits per heavy atom. The average Bonchev–Trinajstić information content (AvgIpc) is 2.44. The fourth-order valence-electron chi connectivity index (χ4n) is 2.03. The Balaban J connectivity index is 2.72. The quantitative estimate of drug-likeness (QED) is 0.586. The lowest BCUT2D eigenvalue weighted by Gasteiger charge is -2.18. The molecule has 2 aromatic rings. The van der Waals surface area contributed by atoms with Crippen LogP contribution in [0, 0.1) is 0 Å². The molecule has 0 radical (unpaired) electrons. The molecule has 0 aliphatic carbocycles. The number of halogens is 9. The van der Waals surface area contributed by atoms with Gasteiger partial charge >= 0.3 is 18.5 Å². The molecule has 10 heteroatoms. The van der Waals surface area contributed by atoms with Crippen LogP contribution in [0.1, 0.15) is 16.8 Å². The van der Waals surface area contributed by atoms with E-state index in [9.17, 15) is 39.5 Å². The zero-order valence-corrected chi connectivity index (χ0v) is 11.3. The first kappa shape index (κ1) is 18.1. The summed E-state index contributed by atoms with van der Waals surface area (Å²) in [6.45, 7) is 0. The van der Waals surface area contributed by atoms with Crippen molar-refractivity contribution in [2.24, 2.45) is 0 Å². The van der Waals surface area contributed by atoms with Crippen LogP contribution < -0.4 is 0 Å². The molecule has 0 aliphatic heterocycles. The van der Waals surface area contributed by atoms with E-state index in [0.29, 0.717) is 36.5 Å². The first-order valence-corrected chi connectivity index (χ1v) is 6.13. The van der Waals surface area contributed by atoms with Gasteiger partial charge in [-0.3, -0.25) is 4.98 Å². The molecule has 0 N–H and O–H groups in total. The van der Waals surface area contributed by atoms with E-state index in [0.717, 1.165) is 0 Å². The van der Waals surface area contributed by atoms with E-state index in [1.165, 1.54) is 0 Å². The summed E-state index contributed by atoms with van der Waals surface area (Å²) < 4.78 is 115. The number of rotatable bonds is 1. The number of nitrogens with zero attached hydrogens (tertiary/aromatic N) is 1. The maximum absolute atomic E-state index is 13.0. The van der Waals surface area contributed by atoms with Crippen LogP contribution >= 0.6 is 0 Å². The minimum absolute atomic E-state index is 0.336. The highest BCUT2D eigenvalue weighted by molar-refractivity contribution is 5.71. The Labute approximate surface area is 128 Å². The van der Waals surface area contributed by atoms with Crippen molar-refractivity contribution < 1.29 is 39.5 Å². The van der Waals surface area contributed by atoms with Crippen LogP contribution in [0.4, 0.5) is 39.5 Å². The summed E-state index contributed by atoms with van der Waals surface area (Å²) >= 11 is 0. The van der Waals surface area contributed by atoms with Gasteiger partial charge in [0.2, 0.25) is 0 Å². The first-order valence-electron chi connectivity index (χ1n) is 6.13. The second-order valence-electron chi connectivity index (χ2n) is 4.65. The molecule has 24 heavy (non-hydrogen) atoms. The standard InChI is InChI=1S/C14H6F9N/c15-12(16,17)8-3-1-7(2-4-8)10-9(13(18,19)20)5-6-24-11(10)14(21,22)23/h1-6H. The Kier molecular flexibility index (Phi) is 4.28. The minimum Gasteiger partial charge on any atom is -0.251 e. The van der Waals surface area contributed by atoms with Gasteiger partial charge in [0.1, 0.15) is 0 Å². The van der Waals surface area contributed by atoms with E-state index >= 15 is 0 Å². The van der Waals surface area contributed by atoms with Crippen LogP contribution in [0.15, 0.2) is 36.5 Å². The fourth-order valence-corrected chi connectivity index (χ4v) is 2.03. The third-order valence-electron chi connectivity index (χ3n) is 3.03. The second-order valence-corrected chi connectivity index (χ2v) is 4.65. The van der Waals surface area contributed by atoms with E-state index in [1.54, 1.807) is 0 Å². The van der Waals surface area contributed by atoms with Crippen LogP contribution in [0.2, 0.25) is 0 Å². The van der Waals surface area contributed by atoms with E-state index in [-0.39, 0.29) is 0 Å². The van der Waals surface area contributed by atoms with Crippen LogP contribution in [0.25, 0.3) is 11.1 Å². The summed E-state index contributed by atoms with van der Waals surface area (Å²) in [7, 11) is 0. The lowest BCUT2D eigenvalue weighted by Crippen LogP contribution is -2.16. The zero-order valence-electron chi connectivity index (χ0n) is 11.3. The topological polar surface area (TPSA) is 12.9 Å². The molecule has 1 heterocycles. The predicted molar refractivity (Wildman–Crippen MR) is 64.7 cm³/mol. The van der Waals surface area contributed by atoms with E-state index in [4.69, 9.17) is 0 Å². The summed E-state index contributed by atoms with van der Waals surface area (Å²) in [4.78, 5) is 2.92. The SMILES string of the molecule is FC(F)(F)c1ccc(-c2c(C(F)(F)F)ccnc2C(F)(F)F)cc1. The second kappa shape index (κ2) is 5.67. The summed E-state index contributed by atoms with van der Waals surface area (Å²) in [6, 6.07) is 2.24. The molecule has 0 saturated heterocycles. The largest absolute Gasteiger partial charge is 0.433 e. The molecule has 0 unspecified atom stereocenters. The van der Waals surface area contributed by atoms with Crippen molar-refractivity contribution in [3.05, 3.63) is 53.3 Å². The lowest BCUT2D eigenvalue weighted by atomic mass is 9.96. The molecule has 0 spiro atoms. The van der Waals surface area contributed by atoms with Crippen molar-refractivity contribution in [1.82, 2.24) is 4.98 Å². The highest BCUT2D eigenvalue weighted by Crippen LogP contribution is 2.43. The molecule has 0 saturated carbocycles. The van der Waals surface area contributed by atoms with Gasteiger partial charge in [-0.05, 0) is 23.8 Å². The van der Waals surface area contributed by atoms with E-state index in [2.05, 4.69) is 4.98 Å². The zero-order chi connectivity index (χ0) is 18.3. The van der Waals surface area contributed by atoms with Gasteiger partial charge in [0.05, 0.1) is 11.1 Å². The van der Waals surface area contributed by atoms with Crippen LogP contribution in [0.5, 0.6) is 0 Å². The van der Waals surface area contributed by atoms with Crippen molar-refractivity contribution in [1.29, 1.82) is 0 Å². The van der Waals surface area contributed by atoms with Gasteiger partial charge in [-0.2, -0.15) is 39.5 Å². The van der Waals surface area contributed by atoms with Gasteiger partial charge < -0.3 is 0 Å². The van der Waals surface area contributed by atoms with Crippen molar-refractivity contribution in [2.45, 2.75) is 18.5 Å². The molecule has 0 atom stereocenters. The van der Waals surface area contributed by atoms with Gasteiger partial charge in [0.15, 0.2) is 5.69 Å². The summed E-state index contributed by atoms with van der Waals surface area (Å²) in [5, 5.41) is 0. The molecule has 130 valence electrons. The maximum atomic E-state index is 13.0. The van der Waals surface area contributed by atoms with Crippen molar-refractivity contribution in [3.8, 4) is 11.1 Å². The normalized spacial score (nSPS) is 13.2. The molecule has 1 aromatic heterocycles. The molecule has 1 nitrogen and oxygen atoms in total. The maximum Gasteiger partial charge on any atom is 0.433 e. The van der Waals surface area contributed by atoms with E-state index in [1.807, 2.05) is 0 Å². The Morgan fingerprint density at radius 3 is 1.58 bits per heavy atom. The third-order valence-corrected chi connectivity index (χ3v) is 3.03.